The highest BCUT2D eigenvalue weighted by Crippen LogP contribution is 2.27. The minimum absolute atomic E-state index is 0.403. The molecule has 0 aliphatic carbocycles. The van der Waals surface area contributed by atoms with Gasteiger partial charge in [0.15, 0.2) is 0 Å². The normalized spacial score (nSPS) is 24.7. The zero-order valence-electron chi connectivity index (χ0n) is 6.48. The van der Waals surface area contributed by atoms with E-state index in [0.717, 1.165) is 6.54 Å². The van der Waals surface area contributed by atoms with Gasteiger partial charge in [-0.15, -0.1) is 0 Å². The van der Waals surface area contributed by atoms with Crippen molar-refractivity contribution in [1.29, 1.82) is 0 Å². The van der Waals surface area contributed by atoms with Gasteiger partial charge in [0.05, 0.1) is 0 Å². The molecule has 0 atom stereocenters. The summed E-state index contributed by atoms with van der Waals surface area (Å²) >= 11 is 0. The molecule has 0 amide bonds. The van der Waals surface area contributed by atoms with Crippen molar-refractivity contribution >= 4 is 0 Å². The monoisotopic (exact) mass is 126 g/mol. The molecule has 1 saturated heterocycles. The number of nitrogens with zero attached hydrogens (tertiary/aromatic N) is 1. The van der Waals surface area contributed by atoms with Crippen LogP contribution >= 0.6 is 0 Å². The van der Waals surface area contributed by atoms with E-state index in [1.165, 1.54) is 25.7 Å². The van der Waals surface area contributed by atoms with Crippen LogP contribution in [0.2, 0.25) is 0 Å². The quantitative estimate of drug-likeness (QED) is 0.537. The summed E-state index contributed by atoms with van der Waals surface area (Å²) in [4.78, 5) is 0. The van der Waals surface area contributed by atoms with E-state index in [1.807, 2.05) is 0 Å². The first kappa shape index (κ1) is 7.07. The fourth-order valence-corrected chi connectivity index (χ4v) is 1.63. The summed E-state index contributed by atoms with van der Waals surface area (Å²) in [6, 6.07) is 0. The summed E-state index contributed by atoms with van der Waals surface area (Å²) < 4.78 is 0. The van der Waals surface area contributed by atoms with Gasteiger partial charge in [-0.2, -0.15) is 0 Å². The topological polar surface area (TPSA) is 14.1 Å². The van der Waals surface area contributed by atoms with Crippen LogP contribution in [0.15, 0.2) is 0 Å². The first-order valence-corrected chi connectivity index (χ1v) is 4.01. The maximum Gasteiger partial charge on any atom is 0.0352 e. The van der Waals surface area contributed by atoms with Gasteiger partial charge in [-0.3, -0.25) is 0 Å². The fraction of sp³-hybridized carbons (Fsp3) is 1.00. The second kappa shape index (κ2) is 2.70. The summed E-state index contributed by atoms with van der Waals surface area (Å²) in [5.41, 5.74) is 0.403. The van der Waals surface area contributed by atoms with Crippen molar-refractivity contribution in [3.63, 3.8) is 0 Å². The third kappa shape index (κ3) is 1.26. The van der Waals surface area contributed by atoms with Crippen LogP contribution in [0, 0.1) is 0 Å². The lowest BCUT2D eigenvalue weighted by atomic mass is 9.91. The van der Waals surface area contributed by atoms with E-state index in [4.69, 9.17) is 0 Å². The lowest BCUT2D eigenvalue weighted by Gasteiger charge is -2.23. The second-order valence-electron chi connectivity index (χ2n) is 2.92. The van der Waals surface area contributed by atoms with Crippen molar-refractivity contribution < 1.29 is 0 Å². The molecule has 1 rings (SSSR count). The third-order valence-corrected chi connectivity index (χ3v) is 2.56. The van der Waals surface area contributed by atoms with Crippen LogP contribution in [0.25, 0.3) is 0 Å². The third-order valence-electron chi connectivity index (χ3n) is 2.56. The van der Waals surface area contributed by atoms with Gasteiger partial charge >= 0.3 is 0 Å². The predicted octanol–water partition coefficient (Wildman–Crippen LogP) is 1.94. The van der Waals surface area contributed by atoms with Gasteiger partial charge in [0.25, 0.3) is 0 Å². The van der Waals surface area contributed by atoms with Crippen molar-refractivity contribution in [3.05, 3.63) is 0 Å². The predicted molar refractivity (Wildman–Crippen MR) is 39.5 cm³/mol. The van der Waals surface area contributed by atoms with Gasteiger partial charge < -0.3 is 0 Å². The van der Waals surface area contributed by atoms with Crippen LogP contribution in [0.4, 0.5) is 0 Å². The minimum atomic E-state index is 0.403. The standard InChI is InChI=1S/C8H16N/c1-3-8(4-2)6-5-7-9-8/h3-7H2,1-2H3. The molecule has 1 heterocycles. The van der Waals surface area contributed by atoms with Crippen LogP contribution in [0.3, 0.4) is 0 Å². The van der Waals surface area contributed by atoms with E-state index in [2.05, 4.69) is 19.2 Å². The Hall–Kier alpha value is -0.0400. The zero-order valence-corrected chi connectivity index (χ0v) is 6.48. The van der Waals surface area contributed by atoms with Gasteiger partial charge in [-0.05, 0) is 25.7 Å². The summed E-state index contributed by atoms with van der Waals surface area (Å²) in [5, 5.41) is 4.60. The Labute approximate surface area is 57.8 Å². The first-order chi connectivity index (χ1) is 4.33. The zero-order chi connectivity index (χ0) is 6.74. The Morgan fingerprint density at radius 2 is 2.00 bits per heavy atom. The van der Waals surface area contributed by atoms with E-state index >= 15 is 0 Å². The summed E-state index contributed by atoms with van der Waals surface area (Å²) in [6.45, 7) is 5.61. The van der Waals surface area contributed by atoms with Gasteiger partial charge in [0, 0.05) is 12.1 Å². The second-order valence-corrected chi connectivity index (χ2v) is 2.92. The van der Waals surface area contributed by atoms with Crippen LogP contribution in [0.5, 0.6) is 0 Å². The first-order valence-electron chi connectivity index (χ1n) is 4.01. The highest BCUT2D eigenvalue weighted by molar-refractivity contribution is 4.89. The van der Waals surface area contributed by atoms with E-state index in [0.29, 0.717) is 5.54 Å². The molecule has 53 valence electrons. The lowest BCUT2D eigenvalue weighted by Crippen LogP contribution is -2.32. The van der Waals surface area contributed by atoms with E-state index in [1.54, 1.807) is 0 Å². The molecule has 1 heteroatoms. The smallest absolute Gasteiger partial charge is 0.0352 e. The van der Waals surface area contributed by atoms with Crippen molar-refractivity contribution in [2.24, 2.45) is 0 Å². The summed E-state index contributed by atoms with van der Waals surface area (Å²) in [5.74, 6) is 0. The Balaban J connectivity index is 2.45. The molecule has 1 aliphatic heterocycles. The number of hydrogen-bond acceptors (Lipinski definition) is 0. The molecule has 1 aliphatic rings. The molecule has 0 aromatic heterocycles. The molecule has 9 heavy (non-hydrogen) atoms. The van der Waals surface area contributed by atoms with E-state index in [9.17, 15) is 0 Å². The number of hydrogen-bond donors (Lipinski definition) is 0. The summed E-state index contributed by atoms with van der Waals surface area (Å²) in [6.07, 6.45) is 5.13. The molecular weight excluding hydrogens is 110 g/mol. The highest BCUT2D eigenvalue weighted by atomic mass is 15.0. The average Bonchev–Trinajstić information content (AvgIpc) is 2.36. The van der Waals surface area contributed by atoms with Crippen molar-refractivity contribution in [2.75, 3.05) is 6.54 Å². The largest absolute Gasteiger partial charge is 0.235 e. The Bertz CT molecular complexity index is 76.6. The lowest BCUT2D eigenvalue weighted by molar-refractivity contribution is 0.343. The molecule has 0 N–H and O–H groups in total. The van der Waals surface area contributed by atoms with Gasteiger partial charge in [0.2, 0.25) is 0 Å². The maximum absolute atomic E-state index is 4.60. The molecule has 0 unspecified atom stereocenters. The Morgan fingerprint density at radius 1 is 1.33 bits per heavy atom. The molecule has 0 aromatic rings. The average molecular weight is 126 g/mol. The van der Waals surface area contributed by atoms with Crippen LogP contribution in [0.1, 0.15) is 39.5 Å². The molecule has 0 aromatic carbocycles. The van der Waals surface area contributed by atoms with Crippen molar-refractivity contribution in [2.45, 2.75) is 45.1 Å². The molecule has 0 bridgehead atoms. The molecule has 1 radical (unpaired) electrons. The summed E-state index contributed by atoms with van der Waals surface area (Å²) in [7, 11) is 0. The van der Waals surface area contributed by atoms with Crippen LogP contribution < -0.4 is 5.32 Å². The van der Waals surface area contributed by atoms with Crippen LogP contribution in [-0.4, -0.2) is 12.1 Å². The maximum atomic E-state index is 4.60. The molecule has 1 fully saturated rings. The molecular formula is C8H16N. The molecule has 0 saturated carbocycles. The Kier molecular flexibility index (Phi) is 2.12. The van der Waals surface area contributed by atoms with Gasteiger partial charge in [0.1, 0.15) is 0 Å². The van der Waals surface area contributed by atoms with E-state index in [-0.39, 0.29) is 0 Å². The van der Waals surface area contributed by atoms with E-state index < -0.39 is 0 Å². The molecule has 0 spiro atoms. The van der Waals surface area contributed by atoms with Crippen molar-refractivity contribution in [3.8, 4) is 0 Å². The fourth-order valence-electron chi connectivity index (χ4n) is 1.63. The molecule has 1 nitrogen and oxygen atoms in total. The Morgan fingerprint density at radius 3 is 2.22 bits per heavy atom. The highest BCUT2D eigenvalue weighted by Gasteiger charge is 2.30. The van der Waals surface area contributed by atoms with Gasteiger partial charge in [-0.1, -0.05) is 13.8 Å². The van der Waals surface area contributed by atoms with Gasteiger partial charge in [-0.25, -0.2) is 5.32 Å². The SMILES string of the molecule is CCC1(CC)CCC[N]1. The van der Waals surface area contributed by atoms with Crippen LogP contribution in [-0.2, 0) is 0 Å². The minimum Gasteiger partial charge on any atom is -0.235 e. The number of rotatable bonds is 2. The van der Waals surface area contributed by atoms with Crippen molar-refractivity contribution in [1.82, 2.24) is 5.32 Å².